The van der Waals surface area contributed by atoms with E-state index in [1.54, 1.807) is 13.0 Å². The highest BCUT2D eigenvalue weighted by molar-refractivity contribution is 9.10. The monoisotopic (exact) mass is 389 g/mol. The summed E-state index contributed by atoms with van der Waals surface area (Å²) in [6.45, 7) is 7.22. The molecular formula is C15H20BrNO4S. The van der Waals surface area contributed by atoms with Crippen molar-refractivity contribution in [2.75, 3.05) is 12.0 Å². The smallest absolute Gasteiger partial charge is 0.416 e. The van der Waals surface area contributed by atoms with Gasteiger partial charge in [0.15, 0.2) is 0 Å². The van der Waals surface area contributed by atoms with Crippen LogP contribution in [0.5, 0.6) is 0 Å². The van der Waals surface area contributed by atoms with Crippen LogP contribution in [0.15, 0.2) is 28.1 Å². The van der Waals surface area contributed by atoms with Gasteiger partial charge in [0.2, 0.25) is 0 Å². The quantitative estimate of drug-likeness (QED) is 0.566. The van der Waals surface area contributed by atoms with Gasteiger partial charge in [-0.2, -0.15) is 0 Å². The number of nitrogens with zero attached hydrogens (tertiary/aromatic N) is 1. The number of carbonyl (C=O) groups excluding carboxylic acids is 2. The summed E-state index contributed by atoms with van der Waals surface area (Å²) in [6, 6.07) is 1.48. The Morgan fingerprint density at radius 3 is 2.50 bits per heavy atom. The average Bonchev–Trinajstić information content (AvgIpc) is 2.80. The highest BCUT2D eigenvalue weighted by atomic mass is 79.9. The Hall–Kier alpha value is -1.34. The number of hydrogen-bond acceptors (Lipinski definition) is 5. The Kier molecular flexibility index (Phi) is 6.62. The van der Waals surface area contributed by atoms with E-state index in [1.165, 1.54) is 29.4 Å². The first-order valence-electron chi connectivity index (χ1n) is 6.67. The van der Waals surface area contributed by atoms with Crippen molar-refractivity contribution in [1.29, 1.82) is 0 Å². The van der Waals surface area contributed by atoms with Crippen molar-refractivity contribution in [2.45, 2.75) is 39.3 Å². The third-order valence-corrected chi connectivity index (χ3v) is 4.34. The second-order valence-electron chi connectivity index (χ2n) is 5.55. The Balaban J connectivity index is 3.07. The minimum atomic E-state index is -0.606. The highest BCUT2D eigenvalue weighted by Gasteiger charge is 2.28. The first-order valence-corrected chi connectivity index (χ1v) is 8.34. The largest absolute Gasteiger partial charge is 0.466 e. The predicted octanol–water partition coefficient (Wildman–Crippen LogP) is 4.37. The van der Waals surface area contributed by atoms with Gasteiger partial charge in [0, 0.05) is 6.08 Å². The van der Waals surface area contributed by atoms with Crippen molar-refractivity contribution in [2.24, 2.45) is 0 Å². The lowest BCUT2D eigenvalue weighted by Gasteiger charge is -2.29. The molecule has 1 unspecified atom stereocenters. The molecule has 0 bridgehead atoms. The molecule has 1 aromatic heterocycles. The molecule has 1 atom stereocenters. The molecule has 1 aromatic rings. The number of halogens is 1. The molecule has 1 amide bonds. The number of rotatable bonds is 4. The summed E-state index contributed by atoms with van der Waals surface area (Å²) in [6.07, 6.45) is 2.42. The number of methoxy groups -OCH3 is 1. The fourth-order valence-corrected chi connectivity index (χ4v) is 3.22. The number of anilines is 1. The summed E-state index contributed by atoms with van der Waals surface area (Å²) in [5.74, 6) is -0.471. The lowest BCUT2D eigenvalue weighted by atomic mass is 10.2. The molecule has 1 rings (SSSR count). The van der Waals surface area contributed by atoms with Crippen molar-refractivity contribution >= 4 is 44.3 Å². The number of ether oxygens (including phenoxy) is 2. The second kappa shape index (κ2) is 7.78. The zero-order valence-corrected chi connectivity index (χ0v) is 15.7. The Labute approximate surface area is 143 Å². The molecular weight excluding hydrogens is 370 g/mol. The molecule has 0 saturated carbocycles. The molecule has 122 valence electrons. The van der Waals surface area contributed by atoms with Crippen LogP contribution in [0.3, 0.4) is 0 Å². The van der Waals surface area contributed by atoms with Gasteiger partial charge < -0.3 is 9.47 Å². The number of carbonyl (C=O) groups is 2. The van der Waals surface area contributed by atoms with Crippen molar-refractivity contribution < 1.29 is 19.1 Å². The van der Waals surface area contributed by atoms with E-state index in [2.05, 4.69) is 20.7 Å². The fraction of sp³-hybridized carbons (Fsp3) is 0.467. The van der Waals surface area contributed by atoms with E-state index in [4.69, 9.17) is 4.74 Å². The van der Waals surface area contributed by atoms with E-state index in [0.29, 0.717) is 0 Å². The first kappa shape index (κ1) is 18.7. The van der Waals surface area contributed by atoms with E-state index in [0.717, 1.165) is 9.47 Å². The molecule has 0 fully saturated rings. The number of hydrogen-bond donors (Lipinski definition) is 0. The van der Waals surface area contributed by atoms with Gasteiger partial charge in [-0.25, -0.2) is 9.59 Å². The molecule has 0 N–H and O–H groups in total. The molecule has 0 radical (unpaired) electrons. The molecule has 0 aromatic carbocycles. The van der Waals surface area contributed by atoms with Crippen LogP contribution < -0.4 is 4.90 Å². The molecule has 1 heterocycles. The maximum absolute atomic E-state index is 12.5. The van der Waals surface area contributed by atoms with Crippen molar-refractivity contribution in [3.63, 3.8) is 0 Å². The van der Waals surface area contributed by atoms with Crippen LogP contribution in [0.25, 0.3) is 0 Å². The lowest BCUT2D eigenvalue weighted by Crippen LogP contribution is -2.41. The summed E-state index contributed by atoms with van der Waals surface area (Å²) in [5, 5.41) is 2.59. The molecule has 0 aliphatic rings. The van der Waals surface area contributed by atoms with Gasteiger partial charge in [0.05, 0.1) is 17.6 Å². The Morgan fingerprint density at radius 1 is 1.41 bits per heavy atom. The van der Waals surface area contributed by atoms with Crippen LogP contribution in [-0.2, 0) is 14.3 Å². The minimum Gasteiger partial charge on any atom is -0.466 e. The van der Waals surface area contributed by atoms with Crippen molar-refractivity contribution in [1.82, 2.24) is 0 Å². The van der Waals surface area contributed by atoms with Gasteiger partial charge in [-0.3, -0.25) is 4.90 Å². The molecule has 7 heteroatoms. The summed E-state index contributed by atoms with van der Waals surface area (Å²) in [7, 11) is 1.30. The van der Waals surface area contributed by atoms with E-state index < -0.39 is 17.7 Å². The summed E-state index contributed by atoms with van der Waals surface area (Å²) < 4.78 is 10.8. The van der Waals surface area contributed by atoms with Crippen LogP contribution in [0.4, 0.5) is 9.80 Å². The zero-order chi connectivity index (χ0) is 16.9. The predicted molar refractivity (Wildman–Crippen MR) is 91.4 cm³/mol. The maximum atomic E-state index is 12.5. The van der Waals surface area contributed by atoms with Crippen LogP contribution in [-0.4, -0.2) is 30.8 Å². The normalized spacial score (nSPS) is 13.0. The third-order valence-electron chi connectivity index (χ3n) is 2.53. The Morgan fingerprint density at radius 2 is 2.05 bits per heavy atom. The first-order chi connectivity index (χ1) is 10.2. The van der Waals surface area contributed by atoms with Crippen molar-refractivity contribution in [3.8, 4) is 0 Å². The molecule has 0 spiro atoms. The third kappa shape index (κ3) is 5.46. The average molecular weight is 390 g/mol. The molecule has 0 aliphatic heterocycles. The zero-order valence-electron chi connectivity index (χ0n) is 13.3. The van der Waals surface area contributed by atoms with Gasteiger partial charge in [-0.05, 0) is 55.1 Å². The number of esters is 1. The van der Waals surface area contributed by atoms with Gasteiger partial charge >= 0.3 is 12.1 Å². The highest BCUT2D eigenvalue weighted by Crippen LogP contribution is 2.34. The molecule has 0 aliphatic carbocycles. The molecule has 5 nitrogen and oxygen atoms in total. The second-order valence-corrected chi connectivity index (χ2v) is 7.30. The lowest BCUT2D eigenvalue weighted by molar-refractivity contribution is -0.134. The molecule has 0 saturated heterocycles. The molecule has 22 heavy (non-hydrogen) atoms. The van der Waals surface area contributed by atoms with Crippen LogP contribution in [0.2, 0.25) is 0 Å². The summed E-state index contributed by atoms with van der Waals surface area (Å²) in [5.41, 5.74) is -0.606. The van der Waals surface area contributed by atoms with Crippen LogP contribution in [0, 0.1) is 0 Å². The Bertz CT molecular complexity index is 562. The number of thiophene rings is 1. The number of amides is 1. The summed E-state index contributed by atoms with van der Waals surface area (Å²) in [4.78, 5) is 25.2. The van der Waals surface area contributed by atoms with Crippen LogP contribution >= 0.6 is 27.3 Å². The van der Waals surface area contributed by atoms with E-state index in [-0.39, 0.29) is 6.04 Å². The van der Waals surface area contributed by atoms with Gasteiger partial charge in [0.1, 0.15) is 10.6 Å². The summed E-state index contributed by atoms with van der Waals surface area (Å²) >= 11 is 4.83. The fourth-order valence-electron chi connectivity index (χ4n) is 1.57. The van der Waals surface area contributed by atoms with Gasteiger partial charge in [-0.1, -0.05) is 6.08 Å². The topological polar surface area (TPSA) is 55.8 Å². The van der Waals surface area contributed by atoms with E-state index in [1.807, 2.05) is 32.2 Å². The van der Waals surface area contributed by atoms with Crippen LogP contribution in [0.1, 0.15) is 27.7 Å². The van der Waals surface area contributed by atoms with Crippen molar-refractivity contribution in [3.05, 3.63) is 28.1 Å². The van der Waals surface area contributed by atoms with Gasteiger partial charge in [0.25, 0.3) is 0 Å². The van der Waals surface area contributed by atoms with E-state index >= 15 is 0 Å². The standard InChI is InChI=1S/C15H20BrNO4S/c1-10(6-7-12(18)20-5)17(13-11(16)8-9-22-13)14(19)21-15(2,3)4/h6-10H,1-5H3/b7-6+. The van der Waals surface area contributed by atoms with Gasteiger partial charge in [-0.15, -0.1) is 11.3 Å². The SMILES string of the molecule is COC(=O)/C=C/C(C)N(C(=O)OC(C)(C)C)c1sccc1Br. The van der Waals surface area contributed by atoms with E-state index in [9.17, 15) is 9.59 Å². The maximum Gasteiger partial charge on any atom is 0.416 e. The minimum absolute atomic E-state index is 0.371.